The lowest BCUT2D eigenvalue weighted by molar-refractivity contribution is 0.101. The SMILES string of the molecule is O=Cc1c(O)c(C=O)c(C=O)c(C(=O)c2ccc(O)cc2)c1C=O. The van der Waals surface area contributed by atoms with E-state index in [2.05, 4.69) is 0 Å². The van der Waals surface area contributed by atoms with Gasteiger partial charge in [0.1, 0.15) is 11.5 Å². The second kappa shape index (κ2) is 6.66. The zero-order valence-corrected chi connectivity index (χ0v) is 12.1. The number of benzene rings is 2. The number of carbonyl (C=O) groups excluding carboxylic acids is 5. The molecule has 7 nitrogen and oxygen atoms in total. The fourth-order valence-corrected chi connectivity index (χ4v) is 2.30. The number of hydrogen-bond donors (Lipinski definition) is 2. The van der Waals surface area contributed by atoms with Gasteiger partial charge in [-0.1, -0.05) is 0 Å². The molecule has 0 saturated heterocycles. The second-order valence-electron chi connectivity index (χ2n) is 4.73. The first-order chi connectivity index (χ1) is 11.5. The van der Waals surface area contributed by atoms with E-state index in [1.807, 2.05) is 0 Å². The standard InChI is InChI=1S/C17H10O7/c18-5-11-13(7-20)17(24)14(8-21)12(6-19)15(11)16(23)9-1-3-10(22)4-2-9/h1-8,22,24H. The van der Waals surface area contributed by atoms with Gasteiger partial charge >= 0.3 is 0 Å². The molecule has 0 spiro atoms. The smallest absolute Gasteiger partial charge is 0.194 e. The molecule has 2 N–H and O–H groups in total. The van der Waals surface area contributed by atoms with Crippen LogP contribution in [0.25, 0.3) is 0 Å². The van der Waals surface area contributed by atoms with Gasteiger partial charge in [-0.15, -0.1) is 0 Å². The molecule has 2 rings (SSSR count). The first-order valence-electron chi connectivity index (χ1n) is 6.57. The average molecular weight is 326 g/mol. The number of aromatic hydroxyl groups is 2. The Morgan fingerprint density at radius 3 is 1.50 bits per heavy atom. The number of rotatable bonds is 6. The Morgan fingerprint density at radius 2 is 1.12 bits per heavy atom. The predicted molar refractivity (Wildman–Crippen MR) is 81.2 cm³/mol. The topological polar surface area (TPSA) is 126 Å². The number of aldehydes is 4. The van der Waals surface area contributed by atoms with Crippen LogP contribution in [-0.2, 0) is 0 Å². The van der Waals surface area contributed by atoms with Crippen LogP contribution in [0.1, 0.15) is 57.4 Å². The maximum absolute atomic E-state index is 12.7. The molecule has 2 aromatic carbocycles. The molecule has 0 bridgehead atoms. The number of phenols is 2. The highest BCUT2D eigenvalue weighted by molar-refractivity contribution is 6.20. The van der Waals surface area contributed by atoms with E-state index in [0.29, 0.717) is 0 Å². The molecule has 0 atom stereocenters. The third-order valence-corrected chi connectivity index (χ3v) is 3.46. The Hall–Kier alpha value is -3.61. The minimum atomic E-state index is -0.841. The molecule has 120 valence electrons. The number of phenolic OH excluding ortho intramolecular Hbond substituents is 2. The van der Waals surface area contributed by atoms with E-state index in [9.17, 15) is 34.2 Å². The van der Waals surface area contributed by atoms with Crippen LogP contribution in [-0.4, -0.2) is 41.1 Å². The molecular weight excluding hydrogens is 316 g/mol. The van der Waals surface area contributed by atoms with E-state index in [1.54, 1.807) is 0 Å². The van der Waals surface area contributed by atoms with E-state index in [-0.39, 0.29) is 36.5 Å². The number of hydrogen-bond acceptors (Lipinski definition) is 7. The van der Waals surface area contributed by atoms with Crippen molar-refractivity contribution in [3.8, 4) is 11.5 Å². The minimum Gasteiger partial charge on any atom is -0.508 e. The van der Waals surface area contributed by atoms with Crippen LogP contribution >= 0.6 is 0 Å². The van der Waals surface area contributed by atoms with E-state index in [0.717, 1.165) is 0 Å². The Bertz CT molecular complexity index is 822. The van der Waals surface area contributed by atoms with Crippen molar-refractivity contribution in [2.75, 3.05) is 0 Å². The molecule has 0 heterocycles. The Labute approximate surface area is 135 Å². The molecule has 0 aliphatic rings. The first-order valence-corrected chi connectivity index (χ1v) is 6.57. The summed E-state index contributed by atoms with van der Waals surface area (Å²) in [5, 5.41) is 19.2. The fourth-order valence-electron chi connectivity index (χ4n) is 2.30. The van der Waals surface area contributed by atoms with E-state index in [4.69, 9.17) is 0 Å². The summed E-state index contributed by atoms with van der Waals surface area (Å²) in [4.78, 5) is 57.7. The number of ketones is 1. The monoisotopic (exact) mass is 326 g/mol. The Balaban J connectivity index is 2.89. The molecule has 0 amide bonds. The third-order valence-electron chi connectivity index (χ3n) is 3.46. The van der Waals surface area contributed by atoms with Crippen LogP contribution in [0.2, 0.25) is 0 Å². The third kappa shape index (κ3) is 2.58. The molecule has 7 heteroatoms. The van der Waals surface area contributed by atoms with Crippen molar-refractivity contribution in [1.29, 1.82) is 0 Å². The van der Waals surface area contributed by atoms with Gasteiger partial charge in [-0.2, -0.15) is 0 Å². The van der Waals surface area contributed by atoms with Crippen molar-refractivity contribution >= 4 is 30.9 Å². The normalized spacial score (nSPS) is 10.0. The van der Waals surface area contributed by atoms with Crippen molar-refractivity contribution in [2.45, 2.75) is 0 Å². The van der Waals surface area contributed by atoms with Crippen LogP contribution in [0.15, 0.2) is 24.3 Å². The van der Waals surface area contributed by atoms with Gasteiger partial charge in [-0.25, -0.2) is 0 Å². The lowest BCUT2D eigenvalue weighted by Gasteiger charge is -2.13. The summed E-state index contributed by atoms with van der Waals surface area (Å²) in [6.45, 7) is 0. The summed E-state index contributed by atoms with van der Waals surface area (Å²) in [5.41, 5.74) is -2.55. The zero-order valence-electron chi connectivity index (χ0n) is 12.1. The molecule has 24 heavy (non-hydrogen) atoms. The summed E-state index contributed by atoms with van der Waals surface area (Å²) in [7, 11) is 0. The van der Waals surface area contributed by atoms with Crippen molar-refractivity contribution in [2.24, 2.45) is 0 Å². The van der Waals surface area contributed by atoms with Crippen LogP contribution in [0, 0.1) is 0 Å². The quantitative estimate of drug-likeness (QED) is 0.609. The summed E-state index contributed by atoms with van der Waals surface area (Å²) >= 11 is 0. The van der Waals surface area contributed by atoms with Gasteiger partial charge in [-0.3, -0.25) is 24.0 Å². The summed E-state index contributed by atoms with van der Waals surface area (Å²) < 4.78 is 0. The van der Waals surface area contributed by atoms with Crippen molar-refractivity contribution < 1.29 is 34.2 Å². The molecule has 0 aromatic heterocycles. The first kappa shape index (κ1) is 16.8. The average Bonchev–Trinajstić information content (AvgIpc) is 2.60. The highest BCUT2D eigenvalue weighted by Gasteiger charge is 2.27. The van der Waals surface area contributed by atoms with Crippen LogP contribution in [0.5, 0.6) is 11.5 Å². The van der Waals surface area contributed by atoms with E-state index in [1.165, 1.54) is 24.3 Å². The molecule has 0 saturated carbocycles. The Kier molecular flexibility index (Phi) is 4.65. The van der Waals surface area contributed by atoms with Gasteiger partial charge in [0.15, 0.2) is 30.9 Å². The highest BCUT2D eigenvalue weighted by Crippen LogP contribution is 2.31. The van der Waals surface area contributed by atoms with Gasteiger partial charge in [0.2, 0.25) is 0 Å². The molecule has 0 unspecified atom stereocenters. The van der Waals surface area contributed by atoms with E-state index < -0.39 is 39.4 Å². The van der Waals surface area contributed by atoms with Crippen molar-refractivity contribution in [3.63, 3.8) is 0 Å². The van der Waals surface area contributed by atoms with Crippen LogP contribution < -0.4 is 0 Å². The summed E-state index contributed by atoms with van der Waals surface area (Å²) in [6.07, 6.45) is 0.542. The van der Waals surface area contributed by atoms with E-state index >= 15 is 0 Å². The molecule has 0 aliphatic carbocycles. The molecule has 2 aromatic rings. The van der Waals surface area contributed by atoms with Gasteiger partial charge < -0.3 is 10.2 Å². The fraction of sp³-hybridized carbons (Fsp3) is 0. The molecule has 0 radical (unpaired) electrons. The van der Waals surface area contributed by atoms with Crippen molar-refractivity contribution in [1.82, 2.24) is 0 Å². The molecule has 0 fully saturated rings. The number of carbonyl (C=O) groups is 5. The van der Waals surface area contributed by atoms with Crippen LogP contribution in [0.4, 0.5) is 0 Å². The largest absolute Gasteiger partial charge is 0.508 e. The predicted octanol–water partition coefficient (Wildman–Crippen LogP) is 1.58. The van der Waals surface area contributed by atoms with Crippen molar-refractivity contribution in [3.05, 3.63) is 57.6 Å². The lowest BCUT2D eigenvalue weighted by atomic mass is 9.87. The molecular formula is C17H10O7. The minimum absolute atomic E-state index is 0.0124. The summed E-state index contributed by atoms with van der Waals surface area (Å²) in [6, 6.07) is 4.93. The van der Waals surface area contributed by atoms with Crippen LogP contribution in [0.3, 0.4) is 0 Å². The van der Waals surface area contributed by atoms with Gasteiger partial charge in [0, 0.05) is 22.3 Å². The molecule has 0 aliphatic heterocycles. The maximum Gasteiger partial charge on any atom is 0.194 e. The lowest BCUT2D eigenvalue weighted by Crippen LogP contribution is -2.14. The highest BCUT2D eigenvalue weighted by atomic mass is 16.3. The van der Waals surface area contributed by atoms with Gasteiger partial charge in [0.05, 0.1) is 11.1 Å². The second-order valence-corrected chi connectivity index (χ2v) is 4.73. The summed E-state index contributed by atoms with van der Waals surface area (Å²) in [5.74, 6) is -1.76. The maximum atomic E-state index is 12.7. The van der Waals surface area contributed by atoms with Gasteiger partial charge in [0.25, 0.3) is 0 Å². The Morgan fingerprint density at radius 1 is 0.708 bits per heavy atom. The zero-order chi connectivity index (χ0) is 17.9. The van der Waals surface area contributed by atoms with Gasteiger partial charge in [-0.05, 0) is 24.3 Å².